The largest absolute Gasteiger partial charge is 0.507 e. The van der Waals surface area contributed by atoms with E-state index >= 15 is 0 Å². The molecule has 0 aliphatic heterocycles. The number of hydrogen-bond donors (Lipinski definition) is 3. The van der Waals surface area contributed by atoms with Crippen LogP contribution in [0.2, 0.25) is 0 Å². The lowest BCUT2D eigenvalue weighted by Crippen LogP contribution is -2.22. The molecule has 0 atom stereocenters. The van der Waals surface area contributed by atoms with Gasteiger partial charge in [-0.15, -0.1) is 0 Å². The molecule has 8 heteroatoms. The molecule has 21 heavy (non-hydrogen) atoms. The van der Waals surface area contributed by atoms with E-state index in [1.807, 2.05) is 0 Å². The van der Waals surface area contributed by atoms with E-state index in [0.29, 0.717) is 0 Å². The SMILES string of the molecule is O=C(NC=Nc1ccc(C(=O)O)c(O)c1)c1cnccn1. The molecule has 1 heterocycles. The van der Waals surface area contributed by atoms with E-state index in [9.17, 15) is 14.7 Å². The van der Waals surface area contributed by atoms with Crippen LogP contribution in [0, 0.1) is 0 Å². The average Bonchev–Trinajstić information content (AvgIpc) is 2.47. The summed E-state index contributed by atoms with van der Waals surface area (Å²) in [7, 11) is 0. The lowest BCUT2D eigenvalue weighted by atomic mass is 10.2. The number of nitrogens with one attached hydrogen (secondary N) is 1. The highest BCUT2D eigenvalue weighted by molar-refractivity contribution is 5.99. The molecule has 1 aromatic carbocycles. The molecule has 0 bridgehead atoms. The highest BCUT2D eigenvalue weighted by Gasteiger charge is 2.09. The van der Waals surface area contributed by atoms with Gasteiger partial charge in [-0.05, 0) is 12.1 Å². The van der Waals surface area contributed by atoms with E-state index in [4.69, 9.17) is 5.11 Å². The van der Waals surface area contributed by atoms with Gasteiger partial charge >= 0.3 is 5.97 Å². The number of rotatable bonds is 4. The topological polar surface area (TPSA) is 125 Å². The van der Waals surface area contributed by atoms with Gasteiger partial charge in [-0.1, -0.05) is 0 Å². The van der Waals surface area contributed by atoms with Crippen molar-refractivity contribution >= 4 is 23.9 Å². The molecule has 0 fully saturated rings. The third-order valence-corrected chi connectivity index (χ3v) is 2.42. The minimum atomic E-state index is -1.24. The van der Waals surface area contributed by atoms with Crippen molar-refractivity contribution in [3.8, 4) is 5.75 Å². The van der Waals surface area contributed by atoms with Crippen molar-refractivity contribution in [1.82, 2.24) is 15.3 Å². The fraction of sp³-hybridized carbons (Fsp3) is 0. The normalized spacial score (nSPS) is 10.5. The molecule has 1 amide bonds. The summed E-state index contributed by atoms with van der Waals surface area (Å²) in [6, 6.07) is 3.79. The molecule has 0 radical (unpaired) electrons. The van der Waals surface area contributed by atoms with Crippen LogP contribution in [0.25, 0.3) is 0 Å². The number of nitrogens with zero attached hydrogens (tertiary/aromatic N) is 3. The maximum Gasteiger partial charge on any atom is 0.339 e. The zero-order valence-electron chi connectivity index (χ0n) is 10.6. The molecule has 0 spiro atoms. The van der Waals surface area contributed by atoms with Gasteiger partial charge in [-0.25, -0.2) is 14.8 Å². The zero-order valence-corrected chi connectivity index (χ0v) is 10.6. The van der Waals surface area contributed by atoms with Gasteiger partial charge in [0.15, 0.2) is 0 Å². The molecule has 0 saturated carbocycles. The van der Waals surface area contributed by atoms with Gasteiger partial charge in [0.25, 0.3) is 5.91 Å². The molecule has 2 rings (SSSR count). The Morgan fingerprint density at radius 2 is 2.10 bits per heavy atom. The van der Waals surface area contributed by atoms with Gasteiger partial charge in [0.1, 0.15) is 17.0 Å². The van der Waals surface area contributed by atoms with E-state index in [1.165, 1.54) is 36.8 Å². The summed E-state index contributed by atoms with van der Waals surface area (Å²) in [6.07, 6.45) is 5.25. The Hall–Kier alpha value is -3.29. The number of carbonyl (C=O) groups is 2. The van der Waals surface area contributed by atoms with Gasteiger partial charge in [-0.3, -0.25) is 9.78 Å². The quantitative estimate of drug-likeness (QED) is 0.568. The summed E-state index contributed by atoms with van der Waals surface area (Å²) in [5.41, 5.74) is 0.197. The van der Waals surface area contributed by atoms with Crippen molar-refractivity contribution in [3.63, 3.8) is 0 Å². The first-order valence-corrected chi connectivity index (χ1v) is 5.73. The number of hydrogen-bond acceptors (Lipinski definition) is 6. The summed E-state index contributed by atoms with van der Waals surface area (Å²) < 4.78 is 0. The van der Waals surface area contributed by atoms with Crippen molar-refractivity contribution in [2.75, 3.05) is 0 Å². The van der Waals surface area contributed by atoms with Crippen molar-refractivity contribution in [1.29, 1.82) is 0 Å². The summed E-state index contributed by atoms with van der Waals surface area (Å²) in [5, 5.41) is 20.6. The first-order valence-electron chi connectivity index (χ1n) is 5.73. The van der Waals surface area contributed by atoms with Crippen molar-refractivity contribution in [2.24, 2.45) is 4.99 Å². The first-order chi connectivity index (χ1) is 10.1. The van der Waals surface area contributed by atoms with Gasteiger partial charge in [0.05, 0.1) is 18.2 Å². The van der Waals surface area contributed by atoms with Crippen molar-refractivity contribution in [3.05, 3.63) is 48.0 Å². The van der Waals surface area contributed by atoms with Gasteiger partial charge in [0, 0.05) is 18.5 Å². The molecule has 0 saturated heterocycles. The Kier molecular flexibility index (Phi) is 4.20. The van der Waals surface area contributed by atoms with Crippen LogP contribution >= 0.6 is 0 Å². The number of aromatic carboxylic acids is 1. The van der Waals surface area contributed by atoms with Crippen LogP contribution in [-0.4, -0.2) is 38.4 Å². The van der Waals surface area contributed by atoms with Gasteiger partial charge in [-0.2, -0.15) is 0 Å². The Balaban J connectivity index is 2.03. The molecule has 3 N–H and O–H groups in total. The molecule has 2 aromatic rings. The fourth-order valence-corrected chi connectivity index (χ4v) is 1.44. The predicted octanol–water partition coefficient (Wildman–Crippen LogP) is 0.970. The molecule has 8 nitrogen and oxygen atoms in total. The van der Waals surface area contributed by atoms with Crippen LogP contribution in [0.15, 0.2) is 41.8 Å². The number of amides is 1. The number of carbonyl (C=O) groups excluding carboxylic acids is 1. The van der Waals surface area contributed by atoms with Crippen LogP contribution in [0.4, 0.5) is 5.69 Å². The molecule has 0 unspecified atom stereocenters. The Morgan fingerprint density at radius 3 is 2.71 bits per heavy atom. The third-order valence-electron chi connectivity index (χ3n) is 2.42. The Bertz CT molecular complexity index is 701. The zero-order chi connectivity index (χ0) is 15.2. The Morgan fingerprint density at radius 1 is 1.29 bits per heavy atom. The van der Waals surface area contributed by atoms with E-state index in [1.54, 1.807) is 0 Å². The van der Waals surface area contributed by atoms with Crippen molar-refractivity contribution < 1.29 is 19.8 Å². The number of aliphatic imine (C=N–C) groups is 1. The van der Waals surface area contributed by atoms with E-state index in [-0.39, 0.29) is 16.9 Å². The average molecular weight is 286 g/mol. The summed E-state index contributed by atoms with van der Waals surface area (Å²) >= 11 is 0. The van der Waals surface area contributed by atoms with Crippen LogP contribution in [0.1, 0.15) is 20.8 Å². The second-order valence-corrected chi connectivity index (χ2v) is 3.83. The molecular weight excluding hydrogens is 276 g/mol. The van der Waals surface area contributed by atoms with Crippen LogP contribution in [0.5, 0.6) is 5.75 Å². The van der Waals surface area contributed by atoms with E-state index in [2.05, 4.69) is 20.3 Å². The number of aromatic hydroxyl groups is 1. The number of aromatic nitrogens is 2. The third kappa shape index (κ3) is 3.60. The van der Waals surface area contributed by atoms with Gasteiger partial charge < -0.3 is 15.5 Å². The van der Waals surface area contributed by atoms with Crippen LogP contribution in [-0.2, 0) is 0 Å². The number of carboxylic acid groups (broad SMARTS) is 1. The molecule has 0 aliphatic carbocycles. The maximum absolute atomic E-state index is 11.6. The number of carboxylic acids is 1. The molecule has 106 valence electrons. The Labute approximate surface area is 118 Å². The lowest BCUT2D eigenvalue weighted by Gasteiger charge is -2.01. The first kappa shape index (κ1) is 14.1. The minimum Gasteiger partial charge on any atom is -0.507 e. The highest BCUT2D eigenvalue weighted by atomic mass is 16.4. The second-order valence-electron chi connectivity index (χ2n) is 3.83. The molecule has 0 aliphatic rings. The summed E-state index contributed by atoms with van der Waals surface area (Å²) in [5.74, 6) is -2.13. The smallest absolute Gasteiger partial charge is 0.339 e. The minimum absolute atomic E-state index is 0.132. The highest BCUT2D eigenvalue weighted by Crippen LogP contribution is 2.23. The van der Waals surface area contributed by atoms with E-state index in [0.717, 1.165) is 6.34 Å². The second kappa shape index (κ2) is 6.24. The molecular formula is C13H10N4O4. The standard InChI is InChI=1S/C13H10N4O4/c18-11-5-8(1-2-9(11)13(20)21)16-7-17-12(19)10-6-14-3-4-15-10/h1-7,18H,(H,20,21)(H,16,17,19). The predicted molar refractivity (Wildman–Crippen MR) is 72.7 cm³/mol. The van der Waals surface area contributed by atoms with Crippen LogP contribution in [0.3, 0.4) is 0 Å². The summed E-state index contributed by atoms with van der Waals surface area (Å²) in [6.45, 7) is 0. The maximum atomic E-state index is 11.6. The molecule has 1 aromatic heterocycles. The number of benzene rings is 1. The monoisotopic (exact) mass is 286 g/mol. The van der Waals surface area contributed by atoms with E-state index < -0.39 is 17.6 Å². The van der Waals surface area contributed by atoms with Gasteiger partial charge in [0.2, 0.25) is 0 Å². The van der Waals surface area contributed by atoms with Crippen LogP contribution < -0.4 is 5.32 Å². The number of phenols is 1. The fourth-order valence-electron chi connectivity index (χ4n) is 1.44. The van der Waals surface area contributed by atoms with Crippen molar-refractivity contribution in [2.45, 2.75) is 0 Å². The summed E-state index contributed by atoms with van der Waals surface area (Å²) in [4.78, 5) is 33.8. The lowest BCUT2D eigenvalue weighted by molar-refractivity contribution is 0.0693.